The second-order valence-corrected chi connectivity index (χ2v) is 5.09. The van der Waals surface area contributed by atoms with Crippen LogP contribution in [0.5, 0.6) is 5.88 Å². The topological polar surface area (TPSA) is 91.7 Å². The Morgan fingerprint density at radius 2 is 2.09 bits per heavy atom. The standard InChI is InChI=1S/C16H20N2O4/c1-10(19)17-8-7-14(20)16(21)12-3-5-13-11(9-12)4-6-15(18-13)22-2/h3-6,9,14,16,20-21H,7-8H2,1-2H3,(H,17,19). The third kappa shape index (κ3) is 3.93. The lowest BCUT2D eigenvalue weighted by Gasteiger charge is -2.18. The van der Waals surface area contributed by atoms with Crippen molar-refractivity contribution >= 4 is 16.8 Å². The highest BCUT2D eigenvalue weighted by Gasteiger charge is 2.18. The van der Waals surface area contributed by atoms with Crippen LogP contribution in [0.3, 0.4) is 0 Å². The maximum atomic E-state index is 10.8. The molecule has 1 heterocycles. The lowest BCUT2D eigenvalue weighted by atomic mass is 10.0. The van der Waals surface area contributed by atoms with Gasteiger partial charge in [-0.2, -0.15) is 0 Å². The first-order valence-corrected chi connectivity index (χ1v) is 7.06. The molecule has 0 bridgehead atoms. The first-order chi connectivity index (χ1) is 10.5. The minimum absolute atomic E-state index is 0.160. The molecule has 3 N–H and O–H groups in total. The number of carbonyl (C=O) groups is 1. The maximum Gasteiger partial charge on any atom is 0.216 e. The van der Waals surface area contributed by atoms with Gasteiger partial charge in [-0.3, -0.25) is 4.79 Å². The zero-order valence-electron chi connectivity index (χ0n) is 12.6. The average molecular weight is 304 g/mol. The minimum atomic E-state index is -1.01. The van der Waals surface area contributed by atoms with Gasteiger partial charge in [0.25, 0.3) is 0 Å². The van der Waals surface area contributed by atoms with Crippen molar-refractivity contribution in [2.45, 2.75) is 25.6 Å². The highest BCUT2D eigenvalue weighted by atomic mass is 16.5. The molecule has 1 amide bonds. The Morgan fingerprint density at radius 1 is 1.32 bits per heavy atom. The van der Waals surface area contributed by atoms with E-state index in [4.69, 9.17) is 4.74 Å². The van der Waals surface area contributed by atoms with E-state index in [1.54, 1.807) is 31.4 Å². The summed E-state index contributed by atoms with van der Waals surface area (Å²) in [5.74, 6) is 0.364. The number of nitrogens with one attached hydrogen (secondary N) is 1. The van der Waals surface area contributed by atoms with Crippen LogP contribution in [-0.4, -0.2) is 40.9 Å². The molecule has 0 aliphatic rings. The van der Waals surface area contributed by atoms with Gasteiger partial charge in [0.15, 0.2) is 0 Å². The largest absolute Gasteiger partial charge is 0.481 e. The number of rotatable bonds is 6. The van der Waals surface area contributed by atoms with Crippen molar-refractivity contribution in [3.63, 3.8) is 0 Å². The van der Waals surface area contributed by atoms with E-state index in [1.165, 1.54) is 6.92 Å². The number of nitrogens with zero attached hydrogens (tertiary/aromatic N) is 1. The summed E-state index contributed by atoms with van der Waals surface area (Å²) in [5.41, 5.74) is 1.36. The van der Waals surface area contributed by atoms with Crippen molar-refractivity contribution in [3.05, 3.63) is 35.9 Å². The lowest BCUT2D eigenvalue weighted by Crippen LogP contribution is -2.27. The number of methoxy groups -OCH3 is 1. The van der Waals surface area contributed by atoms with E-state index in [1.807, 2.05) is 6.07 Å². The molecule has 0 aliphatic heterocycles. The number of fused-ring (bicyclic) bond motifs is 1. The zero-order valence-corrected chi connectivity index (χ0v) is 12.6. The lowest BCUT2D eigenvalue weighted by molar-refractivity contribution is -0.119. The quantitative estimate of drug-likeness (QED) is 0.745. The summed E-state index contributed by atoms with van der Waals surface area (Å²) < 4.78 is 5.07. The Balaban J connectivity index is 2.10. The van der Waals surface area contributed by atoms with E-state index < -0.39 is 12.2 Å². The van der Waals surface area contributed by atoms with Gasteiger partial charge in [0.05, 0.1) is 18.7 Å². The van der Waals surface area contributed by atoms with Crippen LogP contribution in [0.15, 0.2) is 30.3 Å². The van der Waals surface area contributed by atoms with Crippen LogP contribution in [0.4, 0.5) is 0 Å². The molecule has 0 fully saturated rings. The number of amides is 1. The van der Waals surface area contributed by atoms with Crippen LogP contribution in [0.2, 0.25) is 0 Å². The van der Waals surface area contributed by atoms with Crippen LogP contribution in [-0.2, 0) is 4.79 Å². The molecule has 0 aliphatic carbocycles. The molecule has 2 atom stereocenters. The smallest absolute Gasteiger partial charge is 0.216 e. The number of ether oxygens (including phenoxy) is 1. The van der Waals surface area contributed by atoms with Gasteiger partial charge in [0.2, 0.25) is 11.8 Å². The fourth-order valence-corrected chi connectivity index (χ4v) is 2.20. The monoisotopic (exact) mass is 304 g/mol. The summed E-state index contributed by atoms with van der Waals surface area (Å²) >= 11 is 0. The van der Waals surface area contributed by atoms with Crippen molar-refractivity contribution in [1.29, 1.82) is 0 Å². The normalized spacial score (nSPS) is 13.6. The molecule has 2 aromatic rings. The average Bonchev–Trinajstić information content (AvgIpc) is 2.52. The zero-order chi connectivity index (χ0) is 16.1. The summed E-state index contributed by atoms with van der Waals surface area (Å²) in [6, 6.07) is 8.87. The fourth-order valence-electron chi connectivity index (χ4n) is 2.20. The Bertz CT molecular complexity index is 660. The predicted octanol–water partition coefficient (Wildman–Crippen LogP) is 1.16. The molecule has 2 rings (SSSR count). The van der Waals surface area contributed by atoms with Crippen LogP contribution in [0.25, 0.3) is 10.9 Å². The van der Waals surface area contributed by atoms with Crippen molar-refractivity contribution in [2.24, 2.45) is 0 Å². The number of carbonyl (C=O) groups excluding carboxylic acids is 1. The molecule has 1 aromatic carbocycles. The molecular formula is C16H20N2O4. The Labute approximate surface area is 128 Å². The molecule has 22 heavy (non-hydrogen) atoms. The van der Waals surface area contributed by atoms with Gasteiger partial charge in [-0.25, -0.2) is 4.98 Å². The number of hydrogen-bond donors (Lipinski definition) is 3. The van der Waals surface area contributed by atoms with Crippen molar-refractivity contribution < 1.29 is 19.7 Å². The van der Waals surface area contributed by atoms with E-state index >= 15 is 0 Å². The molecule has 0 radical (unpaired) electrons. The van der Waals surface area contributed by atoms with Crippen molar-refractivity contribution in [2.75, 3.05) is 13.7 Å². The van der Waals surface area contributed by atoms with Gasteiger partial charge in [-0.15, -0.1) is 0 Å². The minimum Gasteiger partial charge on any atom is -0.481 e. The van der Waals surface area contributed by atoms with Gasteiger partial charge in [-0.05, 0) is 30.2 Å². The van der Waals surface area contributed by atoms with Crippen LogP contribution in [0, 0.1) is 0 Å². The van der Waals surface area contributed by atoms with Gasteiger partial charge < -0.3 is 20.3 Å². The molecule has 6 nitrogen and oxygen atoms in total. The number of aromatic nitrogens is 1. The molecule has 2 unspecified atom stereocenters. The van der Waals surface area contributed by atoms with Gasteiger partial charge >= 0.3 is 0 Å². The van der Waals surface area contributed by atoms with Crippen LogP contribution in [0.1, 0.15) is 25.0 Å². The van der Waals surface area contributed by atoms with E-state index in [-0.39, 0.29) is 12.3 Å². The van der Waals surface area contributed by atoms with Crippen LogP contribution < -0.4 is 10.1 Å². The molecule has 0 saturated carbocycles. The molecular weight excluding hydrogens is 284 g/mol. The first-order valence-electron chi connectivity index (χ1n) is 7.06. The van der Waals surface area contributed by atoms with E-state index in [9.17, 15) is 15.0 Å². The van der Waals surface area contributed by atoms with E-state index in [0.29, 0.717) is 18.0 Å². The number of pyridine rings is 1. The predicted molar refractivity (Wildman–Crippen MR) is 82.6 cm³/mol. The summed E-state index contributed by atoms with van der Waals surface area (Å²) in [6.07, 6.45) is -1.68. The summed E-state index contributed by atoms with van der Waals surface area (Å²) in [4.78, 5) is 15.1. The fraction of sp³-hybridized carbons (Fsp3) is 0.375. The second kappa shape index (κ2) is 7.20. The Kier molecular flexibility index (Phi) is 5.30. The highest BCUT2D eigenvalue weighted by Crippen LogP contribution is 2.24. The second-order valence-electron chi connectivity index (χ2n) is 5.09. The molecule has 0 saturated heterocycles. The van der Waals surface area contributed by atoms with Crippen molar-refractivity contribution in [1.82, 2.24) is 10.3 Å². The maximum absolute atomic E-state index is 10.8. The molecule has 1 aromatic heterocycles. The summed E-state index contributed by atoms with van der Waals surface area (Å²) in [6.45, 7) is 1.73. The third-order valence-corrected chi connectivity index (χ3v) is 3.42. The SMILES string of the molecule is COc1ccc2cc(C(O)C(O)CCNC(C)=O)ccc2n1. The Hall–Kier alpha value is -2.18. The van der Waals surface area contributed by atoms with Gasteiger partial charge in [0.1, 0.15) is 6.10 Å². The summed E-state index contributed by atoms with van der Waals surface area (Å²) in [5, 5.41) is 23.7. The van der Waals surface area contributed by atoms with Crippen molar-refractivity contribution in [3.8, 4) is 5.88 Å². The first kappa shape index (κ1) is 16.2. The number of benzene rings is 1. The van der Waals surface area contributed by atoms with Crippen LogP contribution >= 0.6 is 0 Å². The molecule has 6 heteroatoms. The number of aliphatic hydroxyl groups is 2. The Morgan fingerprint density at radius 3 is 2.77 bits per heavy atom. The third-order valence-electron chi connectivity index (χ3n) is 3.42. The van der Waals surface area contributed by atoms with E-state index in [2.05, 4.69) is 10.3 Å². The molecule has 0 spiro atoms. The number of aliphatic hydroxyl groups excluding tert-OH is 2. The highest BCUT2D eigenvalue weighted by molar-refractivity contribution is 5.80. The van der Waals surface area contributed by atoms with Gasteiger partial charge in [0, 0.05) is 24.9 Å². The van der Waals surface area contributed by atoms with E-state index in [0.717, 1.165) is 10.9 Å². The number of hydrogen-bond acceptors (Lipinski definition) is 5. The molecule has 118 valence electrons. The summed E-state index contributed by atoms with van der Waals surface area (Å²) in [7, 11) is 1.55. The van der Waals surface area contributed by atoms with Gasteiger partial charge in [-0.1, -0.05) is 6.07 Å².